The fraction of sp³-hybridized carbons (Fsp3) is 0.400. The number of ether oxygens (including phenoxy) is 1. The molecule has 2 aromatic carbocycles. The summed E-state index contributed by atoms with van der Waals surface area (Å²) in [6.07, 6.45) is 1.95. The van der Waals surface area contributed by atoms with Crippen LogP contribution in [0.2, 0.25) is 0 Å². The van der Waals surface area contributed by atoms with Crippen LogP contribution in [0.15, 0.2) is 53.1 Å². The Morgan fingerprint density at radius 2 is 2.06 bits per heavy atom. The second-order valence-electron chi connectivity index (χ2n) is 8.64. The summed E-state index contributed by atoms with van der Waals surface area (Å²) in [4.78, 5) is 19.6. The first-order chi connectivity index (χ1) is 15.5. The van der Waals surface area contributed by atoms with E-state index >= 15 is 0 Å². The van der Waals surface area contributed by atoms with Gasteiger partial charge < -0.3 is 14.6 Å². The molecule has 7 nitrogen and oxygen atoms in total. The molecule has 1 N–H and O–H groups in total. The smallest absolute Gasteiger partial charge is 0.241 e. The van der Waals surface area contributed by atoms with Crippen LogP contribution in [0.1, 0.15) is 38.1 Å². The van der Waals surface area contributed by atoms with Gasteiger partial charge in [0.25, 0.3) is 0 Å². The number of hydrogen-bond acceptors (Lipinski definition) is 6. The molecule has 7 heteroatoms. The van der Waals surface area contributed by atoms with Crippen LogP contribution in [0.25, 0.3) is 11.4 Å². The number of nitrogens with one attached hydrogen (secondary N) is 1. The molecule has 32 heavy (non-hydrogen) atoms. The lowest BCUT2D eigenvalue weighted by molar-refractivity contribution is -0.121. The quantitative estimate of drug-likeness (QED) is 0.581. The largest absolute Gasteiger partial charge is 0.491 e. The van der Waals surface area contributed by atoms with Gasteiger partial charge in [0, 0.05) is 17.8 Å². The van der Waals surface area contributed by atoms with E-state index in [-0.39, 0.29) is 17.9 Å². The Bertz CT molecular complexity index is 1050. The first-order valence-corrected chi connectivity index (χ1v) is 11.2. The Kier molecular flexibility index (Phi) is 6.85. The fourth-order valence-electron chi connectivity index (χ4n) is 3.96. The highest BCUT2D eigenvalue weighted by Gasteiger charge is 2.27. The van der Waals surface area contributed by atoms with E-state index in [1.807, 2.05) is 69.3 Å². The number of anilines is 1. The molecule has 1 aliphatic rings. The molecule has 1 fully saturated rings. The summed E-state index contributed by atoms with van der Waals surface area (Å²) in [6, 6.07) is 15.6. The third kappa shape index (κ3) is 5.73. The maximum Gasteiger partial charge on any atom is 0.241 e. The molecule has 0 spiro atoms. The van der Waals surface area contributed by atoms with E-state index in [0.29, 0.717) is 24.8 Å². The number of aryl methyl sites for hydroxylation is 1. The van der Waals surface area contributed by atoms with Crippen molar-refractivity contribution in [2.75, 3.05) is 18.4 Å². The van der Waals surface area contributed by atoms with Crippen LogP contribution in [0, 0.1) is 12.8 Å². The lowest BCUT2D eigenvalue weighted by atomic mass is 9.97. The van der Waals surface area contributed by atoms with Crippen molar-refractivity contribution in [2.45, 2.75) is 46.3 Å². The molecule has 0 aliphatic carbocycles. The van der Waals surface area contributed by atoms with Gasteiger partial charge in [-0.2, -0.15) is 4.98 Å². The first kappa shape index (κ1) is 22.0. The van der Waals surface area contributed by atoms with Crippen molar-refractivity contribution in [1.29, 1.82) is 0 Å². The van der Waals surface area contributed by atoms with Crippen LogP contribution in [-0.4, -0.2) is 40.1 Å². The summed E-state index contributed by atoms with van der Waals surface area (Å²) in [7, 11) is 0. The number of nitrogens with zero attached hydrogens (tertiary/aromatic N) is 3. The van der Waals surface area contributed by atoms with Crippen molar-refractivity contribution in [3.63, 3.8) is 0 Å². The molecule has 0 bridgehead atoms. The van der Waals surface area contributed by atoms with E-state index in [0.717, 1.165) is 42.0 Å². The molecule has 4 rings (SSSR count). The SMILES string of the molecule is Cc1cccc(-c2noc(CN3CCCC(C(=O)Nc4ccc(OC(C)C)cc4)C3)n2)c1. The van der Waals surface area contributed by atoms with Gasteiger partial charge in [-0.3, -0.25) is 9.69 Å². The Morgan fingerprint density at radius 3 is 2.81 bits per heavy atom. The average molecular weight is 435 g/mol. The number of hydrogen-bond donors (Lipinski definition) is 1. The molecule has 1 atom stereocenters. The van der Waals surface area contributed by atoms with Gasteiger partial charge in [0.2, 0.25) is 17.6 Å². The minimum Gasteiger partial charge on any atom is -0.491 e. The molecular formula is C25H30N4O3. The molecule has 1 aromatic heterocycles. The highest BCUT2D eigenvalue weighted by Crippen LogP contribution is 2.23. The Hall–Kier alpha value is -3.19. The fourth-order valence-corrected chi connectivity index (χ4v) is 3.96. The molecule has 1 amide bonds. The van der Waals surface area contributed by atoms with Crippen LogP contribution >= 0.6 is 0 Å². The van der Waals surface area contributed by atoms with Crippen LogP contribution in [-0.2, 0) is 11.3 Å². The normalized spacial score (nSPS) is 16.8. The summed E-state index contributed by atoms with van der Waals surface area (Å²) < 4.78 is 11.1. The standard InChI is InChI=1S/C25H30N4O3/c1-17(2)31-22-11-9-21(10-12-22)26-25(30)20-8-5-13-29(15-20)16-23-27-24(28-32-23)19-7-4-6-18(3)14-19/h4,6-7,9-12,14,17,20H,5,8,13,15-16H2,1-3H3,(H,26,30). The third-order valence-electron chi connectivity index (χ3n) is 5.47. The number of carbonyl (C=O) groups excluding carboxylic acids is 1. The lowest BCUT2D eigenvalue weighted by Gasteiger charge is -2.30. The van der Waals surface area contributed by atoms with E-state index < -0.39 is 0 Å². The number of benzene rings is 2. The van der Waals surface area contributed by atoms with E-state index in [2.05, 4.69) is 20.4 Å². The minimum atomic E-state index is -0.0745. The van der Waals surface area contributed by atoms with Crippen molar-refractivity contribution < 1.29 is 14.1 Å². The van der Waals surface area contributed by atoms with Gasteiger partial charge in [-0.15, -0.1) is 0 Å². The molecule has 0 radical (unpaired) electrons. The molecule has 168 valence electrons. The first-order valence-electron chi connectivity index (χ1n) is 11.2. The Balaban J connectivity index is 1.33. The molecule has 0 saturated carbocycles. The number of likely N-dealkylation sites (tertiary alicyclic amines) is 1. The Labute approximate surface area is 188 Å². The van der Waals surface area contributed by atoms with E-state index in [1.165, 1.54) is 0 Å². The molecule has 2 heterocycles. The number of aromatic nitrogens is 2. The monoisotopic (exact) mass is 434 g/mol. The van der Waals surface area contributed by atoms with E-state index in [1.54, 1.807) is 0 Å². The highest BCUT2D eigenvalue weighted by atomic mass is 16.5. The van der Waals surface area contributed by atoms with Gasteiger partial charge in [0.15, 0.2) is 0 Å². The summed E-state index contributed by atoms with van der Waals surface area (Å²) >= 11 is 0. The van der Waals surface area contributed by atoms with Gasteiger partial charge in [-0.05, 0) is 70.5 Å². The van der Waals surface area contributed by atoms with Crippen LogP contribution in [0.4, 0.5) is 5.69 Å². The topological polar surface area (TPSA) is 80.5 Å². The van der Waals surface area contributed by atoms with Crippen molar-refractivity contribution in [1.82, 2.24) is 15.0 Å². The van der Waals surface area contributed by atoms with Crippen molar-refractivity contribution in [3.05, 3.63) is 60.0 Å². The maximum atomic E-state index is 12.8. The third-order valence-corrected chi connectivity index (χ3v) is 5.47. The van der Waals surface area contributed by atoms with Crippen LogP contribution in [0.5, 0.6) is 5.75 Å². The molecule has 1 aliphatic heterocycles. The van der Waals surface area contributed by atoms with Crippen molar-refractivity contribution in [3.8, 4) is 17.1 Å². The number of rotatable bonds is 7. The minimum absolute atomic E-state index is 0.0400. The average Bonchev–Trinajstić information content (AvgIpc) is 3.23. The molecule has 3 aromatic rings. The predicted molar refractivity (Wildman–Crippen MR) is 123 cm³/mol. The number of carbonyl (C=O) groups is 1. The summed E-state index contributed by atoms with van der Waals surface area (Å²) in [6.45, 7) is 8.14. The van der Waals surface area contributed by atoms with Crippen molar-refractivity contribution in [2.24, 2.45) is 5.92 Å². The Morgan fingerprint density at radius 1 is 1.25 bits per heavy atom. The van der Waals surface area contributed by atoms with Gasteiger partial charge in [-0.25, -0.2) is 0 Å². The van der Waals surface area contributed by atoms with Gasteiger partial charge >= 0.3 is 0 Å². The van der Waals surface area contributed by atoms with Gasteiger partial charge in [-0.1, -0.05) is 28.9 Å². The molecular weight excluding hydrogens is 404 g/mol. The van der Waals surface area contributed by atoms with Crippen LogP contribution in [0.3, 0.4) is 0 Å². The predicted octanol–water partition coefficient (Wildman–Crippen LogP) is 4.68. The zero-order valence-corrected chi connectivity index (χ0v) is 18.9. The van der Waals surface area contributed by atoms with Crippen molar-refractivity contribution >= 4 is 11.6 Å². The van der Waals surface area contributed by atoms with E-state index in [9.17, 15) is 4.79 Å². The van der Waals surface area contributed by atoms with Crippen LogP contribution < -0.4 is 10.1 Å². The zero-order chi connectivity index (χ0) is 22.5. The number of piperidine rings is 1. The summed E-state index contributed by atoms with van der Waals surface area (Å²) in [5.41, 5.74) is 2.88. The zero-order valence-electron chi connectivity index (χ0n) is 18.9. The van der Waals surface area contributed by atoms with Gasteiger partial charge in [0.1, 0.15) is 5.75 Å². The second kappa shape index (κ2) is 9.96. The second-order valence-corrected chi connectivity index (χ2v) is 8.64. The lowest BCUT2D eigenvalue weighted by Crippen LogP contribution is -2.40. The molecule has 1 unspecified atom stereocenters. The highest BCUT2D eigenvalue weighted by molar-refractivity contribution is 5.92. The maximum absolute atomic E-state index is 12.8. The molecule has 1 saturated heterocycles. The summed E-state index contributed by atoms with van der Waals surface area (Å²) in [5.74, 6) is 1.93. The number of amides is 1. The van der Waals surface area contributed by atoms with E-state index in [4.69, 9.17) is 9.26 Å². The van der Waals surface area contributed by atoms with Gasteiger partial charge in [0.05, 0.1) is 18.6 Å². The summed E-state index contributed by atoms with van der Waals surface area (Å²) in [5, 5.41) is 7.16.